The Morgan fingerprint density at radius 2 is 2.18 bits per heavy atom. The molecule has 11 heavy (non-hydrogen) atoms. The van der Waals surface area contributed by atoms with Crippen molar-refractivity contribution in [3.8, 4) is 0 Å². The fourth-order valence-electron chi connectivity index (χ4n) is 1.64. The molecule has 0 aliphatic carbocycles. The van der Waals surface area contributed by atoms with E-state index in [1.165, 1.54) is 13.0 Å². The lowest BCUT2D eigenvalue weighted by atomic mass is 10.2. The molecular formula is C8H16N2O. The molecule has 1 N–H and O–H groups in total. The first-order chi connectivity index (χ1) is 5.34. The van der Waals surface area contributed by atoms with Crippen molar-refractivity contribution in [3.05, 3.63) is 0 Å². The van der Waals surface area contributed by atoms with Gasteiger partial charge in [-0.05, 0) is 13.5 Å². The number of nitrogens with one attached hydrogen (secondary N) is 1. The van der Waals surface area contributed by atoms with Gasteiger partial charge in [0, 0.05) is 26.2 Å². The number of ether oxygens (including phenoxy) is 1. The highest BCUT2D eigenvalue weighted by Crippen LogP contribution is 2.13. The van der Waals surface area contributed by atoms with Gasteiger partial charge in [0.15, 0.2) is 0 Å². The summed E-state index contributed by atoms with van der Waals surface area (Å²) >= 11 is 0. The molecule has 0 spiro atoms. The minimum Gasteiger partial charge on any atom is -0.371 e. The number of hydrogen-bond acceptors (Lipinski definition) is 3. The Bertz CT molecular complexity index is 136. The van der Waals surface area contributed by atoms with Crippen LogP contribution < -0.4 is 5.32 Å². The zero-order valence-corrected chi connectivity index (χ0v) is 7.05. The van der Waals surface area contributed by atoms with E-state index in [9.17, 15) is 0 Å². The van der Waals surface area contributed by atoms with Crippen LogP contribution in [0.2, 0.25) is 0 Å². The molecule has 2 aliphatic heterocycles. The molecule has 0 aromatic carbocycles. The van der Waals surface area contributed by atoms with Crippen molar-refractivity contribution in [1.29, 1.82) is 0 Å². The smallest absolute Gasteiger partial charge is 0.0828 e. The molecule has 3 heteroatoms. The van der Waals surface area contributed by atoms with Crippen molar-refractivity contribution in [2.24, 2.45) is 0 Å². The highest BCUT2D eigenvalue weighted by molar-refractivity contribution is 4.80. The summed E-state index contributed by atoms with van der Waals surface area (Å²) in [5.41, 5.74) is 0. The summed E-state index contributed by atoms with van der Waals surface area (Å²) in [5.74, 6) is 0. The van der Waals surface area contributed by atoms with Crippen LogP contribution in [0.3, 0.4) is 0 Å². The number of nitrogens with zero attached hydrogens (tertiary/aromatic N) is 1. The van der Waals surface area contributed by atoms with E-state index in [0.29, 0.717) is 12.2 Å². The van der Waals surface area contributed by atoms with E-state index in [2.05, 4.69) is 17.3 Å². The summed E-state index contributed by atoms with van der Waals surface area (Å²) in [4.78, 5) is 2.33. The van der Waals surface area contributed by atoms with Gasteiger partial charge in [0.2, 0.25) is 0 Å². The first kappa shape index (κ1) is 7.53. The molecule has 3 nitrogen and oxygen atoms in total. The zero-order chi connectivity index (χ0) is 7.68. The third-order valence-electron chi connectivity index (χ3n) is 2.48. The Morgan fingerprint density at radius 3 is 2.64 bits per heavy atom. The van der Waals surface area contributed by atoms with Gasteiger partial charge in [-0.1, -0.05) is 0 Å². The molecule has 1 atom stereocenters. The number of likely N-dealkylation sites (N-methyl/N-ethyl adjacent to an activating group) is 1. The molecule has 0 radical (unpaired) electrons. The van der Waals surface area contributed by atoms with Crippen LogP contribution in [0.4, 0.5) is 0 Å². The Kier molecular flexibility index (Phi) is 2.11. The average molecular weight is 156 g/mol. The second kappa shape index (κ2) is 3.09. The van der Waals surface area contributed by atoms with E-state index in [1.54, 1.807) is 0 Å². The minimum atomic E-state index is 0.506. The van der Waals surface area contributed by atoms with Crippen LogP contribution >= 0.6 is 0 Å². The van der Waals surface area contributed by atoms with Gasteiger partial charge in [0.25, 0.3) is 0 Å². The monoisotopic (exact) mass is 156 g/mol. The van der Waals surface area contributed by atoms with Gasteiger partial charge < -0.3 is 15.0 Å². The third kappa shape index (κ3) is 1.72. The van der Waals surface area contributed by atoms with Crippen LogP contribution in [0.25, 0.3) is 0 Å². The first-order valence-electron chi connectivity index (χ1n) is 4.39. The Balaban J connectivity index is 1.70. The fraction of sp³-hybridized carbons (Fsp3) is 1.00. The normalized spacial score (nSPS) is 34.1. The van der Waals surface area contributed by atoms with Crippen LogP contribution in [-0.2, 0) is 4.74 Å². The van der Waals surface area contributed by atoms with E-state index in [1.807, 2.05) is 0 Å². The molecule has 0 aromatic heterocycles. The van der Waals surface area contributed by atoms with Crippen LogP contribution in [0, 0.1) is 0 Å². The maximum Gasteiger partial charge on any atom is 0.0828 e. The summed E-state index contributed by atoms with van der Waals surface area (Å²) in [6.07, 6.45) is 2.23. The highest BCUT2D eigenvalue weighted by atomic mass is 16.5. The SMILES string of the molecule is CN1CCC(OC2CNC2)C1. The molecule has 1 unspecified atom stereocenters. The van der Waals surface area contributed by atoms with E-state index in [-0.39, 0.29) is 0 Å². The van der Waals surface area contributed by atoms with Gasteiger partial charge in [-0.3, -0.25) is 0 Å². The second-order valence-electron chi connectivity index (χ2n) is 3.59. The van der Waals surface area contributed by atoms with E-state index in [4.69, 9.17) is 4.74 Å². The lowest BCUT2D eigenvalue weighted by Gasteiger charge is -2.29. The average Bonchev–Trinajstić information content (AvgIpc) is 2.27. The first-order valence-corrected chi connectivity index (χ1v) is 4.39. The van der Waals surface area contributed by atoms with E-state index >= 15 is 0 Å². The molecule has 2 saturated heterocycles. The van der Waals surface area contributed by atoms with Crippen molar-refractivity contribution in [3.63, 3.8) is 0 Å². The Hall–Kier alpha value is -0.120. The minimum absolute atomic E-state index is 0.506. The summed E-state index contributed by atoms with van der Waals surface area (Å²) < 4.78 is 5.81. The van der Waals surface area contributed by atoms with Gasteiger partial charge in [0.05, 0.1) is 12.2 Å². The number of likely N-dealkylation sites (tertiary alicyclic amines) is 1. The quantitative estimate of drug-likeness (QED) is 0.593. The Morgan fingerprint density at radius 1 is 1.36 bits per heavy atom. The lowest BCUT2D eigenvalue weighted by Crippen LogP contribution is -2.50. The third-order valence-corrected chi connectivity index (χ3v) is 2.48. The molecule has 2 aliphatic rings. The molecule has 64 valence electrons. The predicted molar refractivity (Wildman–Crippen MR) is 43.6 cm³/mol. The summed E-state index contributed by atoms with van der Waals surface area (Å²) in [5, 5.41) is 3.21. The maximum atomic E-state index is 5.81. The van der Waals surface area contributed by atoms with Gasteiger partial charge >= 0.3 is 0 Å². The fourth-order valence-corrected chi connectivity index (χ4v) is 1.64. The summed E-state index contributed by atoms with van der Waals surface area (Å²) in [6.45, 7) is 4.43. The molecule has 2 rings (SSSR count). The lowest BCUT2D eigenvalue weighted by molar-refractivity contribution is -0.0310. The predicted octanol–water partition coefficient (Wildman–Crippen LogP) is -0.321. The topological polar surface area (TPSA) is 24.5 Å². The van der Waals surface area contributed by atoms with Gasteiger partial charge in [-0.2, -0.15) is 0 Å². The number of hydrogen-bond donors (Lipinski definition) is 1. The molecule has 0 aromatic rings. The molecule has 0 amide bonds. The van der Waals surface area contributed by atoms with E-state index in [0.717, 1.165) is 19.6 Å². The van der Waals surface area contributed by atoms with Crippen molar-refractivity contribution in [1.82, 2.24) is 10.2 Å². The van der Waals surface area contributed by atoms with Crippen LogP contribution in [0.5, 0.6) is 0 Å². The zero-order valence-electron chi connectivity index (χ0n) is 7.05. The molecular weight excluding hydrogens is 140 g/mol. The Labute approximate surface area is 67.7 Å². The maximum absolute atomic E-state index is 5.81. The van der Waals surface area contributed by atoms with E-state index < -0.39 is 0 Å². The van der Waals surface area contributed by atoms with Crippen LogP contribution in [0.1, 0.15) is 6.42 Å². The standard InChI is InChI=1S/C8H16N2O/c1-10-3-2-7(6-10)11-8-4-9-5-8/h7-9H,2-6H2,1H3. The van der Waals surface area contributed by atoms with Crippen molar-refractivity contribution >= 4 is 0 Å². The molecule has 0 bridgehead atoms. The van der Waals surface area contributed by atoms with Crippen LogP contribution in [-0.4, -0.2) is 50.3 Å². The number of rotatable bonds is 2. The molecule has 2 fully saturated rings. The van der Waals surface area contributed by atoms with Gasteiger partial charge in [-0.15, -0.1) is 0 Å². The van der Waals surface area contributed by atoms with Crippen LogP contribution in [0.15, 0.2) is 0 Å². The second-order valence-corrected chi connectivity index (χ2v) is 3.59. The highest BCUT2D eigenvalue weighted by Gasteiger charge is 2.26. The van der Waals surface area contributed by atoms with Gasteiger partial charge in [0.1, 0.15) is 0 Å². The molecule has 0 saturated carbocycles. The largest absolute Gasteiger partial charge is 0.371 e. The van der Waals surface area contributed by atoms with Gasteiger partial charge in [-0.25, -0.2) is 0 Å². The van der Waals surface area contributed by atoms with Crippen molar-refractivity contribution in [2.45, 2.75) is 18.6 Å². The van der Waals surface area contributed by atoms with Crippen molar-refractivity contribution in [2.75, 3.05) is 33.2 Å². The van der Waals surface area contributed by atoms with Crippen molar-refractivity contribution < 1.29 is 4.74 Å². The summed E-state index contributed by atoms with van der Waals surface area (Å²) in [6, 6.07) is 0. The summed E-state index contributed by atoms with van der Waals surface area (Å²) in [7, 11) is 2.16. The molecule has 2 heterocycles.